The van der Waals surface area contributed by atoms with Crippen molar-refractivity contribution in [2.75, 3.05) is 11.9 Å². The van der Waals surface area contributed by atoms with E-state index >= 15 is 0 Å². The van der Waals surface area contributed by atoms with E-state index in [2.05, 4.69) is 10.6 Å². The van der Waals surface area contributed by atoms with Crippen molar-refractivity contribution in [1.82, 2.24) is 5.32 Å². The van der Waals surface area contributed by atoms with E-state index in [1.54, 1.807) is 0 Å². The zero-order valence-corrected chi connectivity index (χ0v) is 11.8. The molecule has 1 aromatic rings. The molecule has 0 saturated heterocycles. The number of carbonyl (C=O) groups is 2. The number of fused-ring (bicyclic) bond motifs is 1. The molecule has 3 unspecified atom stereocenters. The van der Waals surface area contributed by atoms with E-state index in [1.165, 1.54) is 5.56 Å². The van der Waals surface area contributed by atoms with Gasteiger partial charge in [-0.25, -0.2) is 0 Å². The number of nitrogens with one attached hydrogen (secondary N) is 2. The first-order chi connectivity index (χ1) is 10.1. The molecule has 0 aromatic heterocycles. The largest absolute Gasteiger partial charge is 0.481 e. The lowest BCUT2D eigenvalue weighted by Gasteiger charge is -2.26. The number of hydrogen-bond acceptors (Lipinski definition) is 3. The van der Waals surface area contributed by atoms with Gasteiger partial charge in [-0.05, 0) is 37.3 Å². The monoisotopic (exact) mass is 288 g/mol. The van der Waals surface area contributed by atoms with Gasteiger partial charge in [-0.2, -0.15) is 0 Å². The van der Waals surface area contributed by atoms with E-state index < -0.39 is 5.97 Å². The zero-order valence-electron chi connectivity index (χ0n) is 11.8. The van der Waals surface area contributed by atoms with Crippen molar-refractivity contribution in [1.29, 1.82) is 0 Å². The molecule has 0 spiro atoms. The van der Waals surface area contributed by atoms with E-state index in [9.17, 15) is 9.59 Å². The predicted octanol–water partition coefficient (Wildman–Crippen LogP) is 1.64. The second kappa shape index (κ2) is 5.76. The van der Waals surface area contributed by atoms with Crippen LogP contribution in [0, 0.1) is 11.8 Å². The van der Waals surface area contributed by atoms with Crippen LogP contribution in [0.15, 0.2) is 24.3 Å². The summed E-state index contributed by atoms with van der Waals surface area (Å²) in [6.45, 7) is 0.637. The van der Waals surface area contributed by atoms with E-state index in [4.69, 9.17) is 5.11 Å². The van der Waals surface area contributed by atoms with E-state index in [1.807, 2.05) is 24.3 Å². The molecule has 2 aliphatic rings. The van der Waals surface area contributed by atoms with Gasteiger partial charge in [0.1, 0.15) is 0 Å². The molecule has 1 heterocycles. The smallest absolute Gasteiger partial charge is 0.306 e. The summed E-state index contributed by atoms with van der Waals surface area (Å²) in [7, 11) is 0. The molecular weight excluding hydrogens is 268 g/mol. The summed E-state index contributed by atoms with van der Waals surface area (Å²) in [5.41, 5.74) is 2.27. The van der Waals surface area contributed by atoms with Crippen LogP contribution in [0.2, 0.25) is 0 Å². The Morgan fingerprint density at radius 1 is 1.19 bits per heavy atom. The summed E-state index contributed by atoms with van der Waals surface area (Å²) in [6, 6.07) is 8.04. The fourth-order valence-electron chi connectivity index (χ4n) is 3.28. The van der Waals surface area contributed by atoms with Gasteiger partial charge >= 0.3 is 5.97 Å². The molecule has 1 aromatic carbocycles. The summed E-state index contributed by atoms with van der Waals surface area (Å²) in [6.07, 6.45) is 2.72. The number of benzene rings is 1. The van der Waals surface area contributed by atoms with Gasteiger partial charge in [0.15, 0.2) is 0 Å². The molecule has 0 radical (unpaired) electrons. The van der Waals surface area contributed by atoms with E-state index in [-0.39, 0.29) is 23.8 Å². The molecule has 1 aliphatic carbocycles. The highest BCUT2D eigenvalue weighted by molar-refractivity contribution is 5.81. The van der Waals surface area contributed by atoms with Crippen LogP contribution in [0.4, 0.5) is 5.69 Å². The lowest BCUT2D eigenvalue weighted by molar-refractivity contribution is -0.141. The second-order valence-electron chi connectivity index (χ2n) is 5.99. The van der Waals surface area contributed by atoms with Gasteiger partial charge in [-0.3, -0.25) is 9.59 Å². The summed E-state index contributed by atoms with van der Waals surface area (Å²) < 4.78 is 0. The minimum Gasteiger partial charge on any atom is -0.481 e. The molecule has 21 heavy (non-hydrogen) atoms. The maximum absolute atomic E-state index is 12.3. The molecule has 5 nitrogen and oxygen atoms in total. The molecule has 112 valence electrons. The number of aliphatic carboxylic acids is 1. The number of amides is 1. The molecule has 3 rings (SSSR count). The molecular formula is C16H20N2O3. The van der Waals surface area contributed by atoms with Crippen LogP contribution in [-0.4, -0.2) is 29.6 Å². The van der Waals surface area contributed by atoms with Crippen molar-refractivity contribution in [2.45, 2.75) is 31.7 Å². The van der Waals surface area contributed by atoms with Crippen molar-refractivity contribution >= 4 is 17.6 Å². The topological polar surface area (TPSA) is 78.4 Å². The van der Waals surface area contributed by atoms with Crippen molar-refractivity contribution in [3.63, 3.8) is 0 Å². The lowest BCUT2D eigenvalue weighted by atomic mass is 9.93. The SMILES string of the molecule is O=C(O)C1CCC(NC(=O)C2CNc3ccccc3C2)C1. The van der Waals surface area contributed by atoms with Crippen LogP contribution >= 0.6 is 0 Å². The number of carboxylic acids is 1. The first-order valence-corrected chi connectivity index (χ1v) is 7.48. The van der Waals surface area contributed by atoms with Crippen LogP contribution in [-0.2, 0) is 16.0 Å². The Kier molecular flexibility index (Phi) is 3.82. The standard InChI is InChI=1S/C16H20N2O3/c19-15(18-13-6-5-11(8-13)16(20)21)12-7-10-3-1-2-4-14(10)17-9-12/h1-4,11-13,17H,5-9H2,(H,18,19)(H,20,21). The average Bonchev–Trinajstić information content (AvgIpc) is 2.95. The van der Waals surface area contributed by atoms with Crippen molar-refractivity contribution in [3.05, 3.63) is 29.8 Å². The third kappa shape index (κ3) is 3.01. The Labute approximate surface area is 123 Å². The quantitative estimate of drug-likeness (QED) is 0.790. The van der Waals surface area contributed by atoms with Crippen LogP contribution < -0.4 is 10.6 Å². The Morgan fingerprint density at radius 3 is 2.76 bits per heavy atom. The second-order valence-corrected chi connectivity index (χ2v) is 5.99. The molecule has 3 N–H and O–H groups in total. The number of rotatable bonds is 3. The third-order valence-corrected chi connectivity index (χ3v) is 4.52. The number of anilines is 1. The molecule has 1 aliphatic heterocycles. The fourth-order valence-corrected chi connectivity index (χ4v) is 3.28. The average molecular weight is 288 g/mol. The van der Waals surface area contributed by atoms with E-state index in [0.29, 0.717) is 19.4 Å². The highest BCUT2D eigenvalue weighted by atomic mass is 16.4. The third-order valence-electron chi connectivity index (χ3n) is 4.52. The lowest BCUT2D eigenvalue weighted by Crippen LogP contribution is -2.42. The summed E-state index contributed by atoms with van der Waals surface area (Å²) in [4.78, 5) is 23.3. The molecule has 1 amide bonds. The fraction of sp³-hybridized carbons (Fsp3) is 0.500. The van der Waals surface area contributed by atoms with Gasteiger partial charge < -0.3 is 15.7 Å². The molecule has 1 saturated carbocycles. The highest BCUT2D eigenvalue weighted by Gasteiger charge is 2.32. The Hall–Kier alpha value is -2.04. The van der Waals surface area contributed by atoms with Crippen molar-refractivity contribution < 1.29 is 14.7 Å². The summed E-state index contributed by atoms with van der Waals surface area (Å²) in [5.74, 6) is -1.10. The molecule has 0 bridgehead atoms. The Bertz CT molecular complexity index is 558. The minimum absolute atomic E-state index is 0.00997. The van der Waals surface area contributed by atoms with E-state index in [0.717, 1.165) is 18.5 Å². The normalized spacial score (nSPS) is 27.5. The molecule has 5 heteroatoms. The van der Waals surface area contributed by atoms with Gasteiger partial charge in [-0.1, -0.05) is 18.2 Å². The van der Waals surface area contributed by atoms with Crippen molar-refractivity contribution in [3.8, 4) is 0 Å². The number of para-hydroxylation sites is 1. The van der Waals surface area contributed by atoms with Gasteiger partial charge in [0.2, 0.25) is 5.91 Å². The maximum Gasteiger partial charge on any atom is 0.306 e. The predicted molar refractivity (Wildman–Crippen MR) is 79.0 cm³/mol. The highest BCUT2D eigenvalue weighted by Crippen LogP contribution is 2.27. The van der Waals surface area contributed by atoms with Crippen LogP contribution in [0.1, 0.15) is 24.8 Å². The van der Waals surface area contributed by atoms with Gasteiger partial charge in [0.25, 0.3) is 0 Å². The number of carbonyl (C=O) groups excluding carboxylic acids is 1. The van der Waals surface area contributed by atoms with Crippen LogP contribution in [0.25, 0.3) is 0 Å². The first-order valence-electron chi connectivity index (χ1n) is 7.48. The van der Waals surface area contributed by atoms with Gasteiger partial charge in [-0.15, -0.1) is 0 Å². The zero-order chi connectivity index (χ0) is 14.8. The number of carboxylic acid groups (broad SMARTS) is 1. The van der Waals surface area contributed by atoms with Crippen LogP contribution in [0.5, 0.6) is 0 Å². The Morgan fingerprint density at radius 2 is 2.00 bits per heavy atom. The van der Waals surface area contributed by atoms with Gasteiger partial charge in [0, 0.05) is 18.3 Å². The summed E-state index contributed by atoms with van der Waals surface area (Å²) >= 11 is 0. The number of hydrogen-bond donors (Lipinski definition) is 3. The van der Waals surface area contributed by atoms with Gasteiger partial charge in [0.05, 0.1) is 11.8 Å². The van der Waals surface area contributed by atoms with Crippen molar-refractivity contribution in [2.24, 2.45) is 11.8 Å². The minimum atomic E-state index is -0.750. The molecule has 1 fully saturated rings. The molecule has 3 atom stereocenters. The maximum atomic E-state index is 12.3. The summed E-state index contributed by atoms with van der Waals surface area (Å²) in [5, 5.41) is 15.3. The van der Waals surface area contributed by atoms with Crippen LogP contribution in [0.3, 0.4) is 0 Å². The first kappa shape index (κ1) is 13.9. The Balaban J connectivity index is 1.57.